The lowest BCUT2D eigenvalue weighted by atomic mass is 10.1. The summed E-state index contributed by atoms with van der Waals surface area (Å²) in [4.78, 5) is 0. The molecule has 0 heterocycles. The molecular weight excluding hydrogens is 195 g/mol. The molecule has 0 saturated carbocycles. The van der Waals surface area contributed by atoms with Gasteiger partial charge in [0.25, 0.3) is 0 Å². The van der Waals surface area contributed by atoms with Gasteiger partial charge in [0.1, 0.15) is 0 Å². The first-order valence-electron chi connectivity index (χ1n) is 3.59. The van der Waals surface area contributed by atoms with Gasteiger partial charge in [-0.2, -0.15) is 0 Å². The molecule has 68 valence electrons. The summed E-state index contributed by atoms with van der Waals surface area (Å²) >= 11 is 11.4. The van der Waals surface area contributed by atoms with Gasteiger partial charge >= 0.3 is 0 Å². The topological polar surface area (TPSA) is 20.2 Å². The molecule has 0 aromatic rings. The molecule has 1 N–H and O–H groups in total. The summed E-state index contributed by atoms with van der Waals surface area (Å²) in [6, 6.07) is 0. The van der Waals surface area contributed by atoms with E-state index in [2.05, 4.69) is 13.2 Å². The van der Waals surface area contributed by atoms with Crippen LogP contribution in [0.25, 0.3) is 0 Å². The minimum absolute atomic E-state index is 0.259. The third-order valence-electron chi connectivity index (χ3n) is 1.45. The van der Waals surface area contributed by atoms with Crippen LogP contribution in [0.1, 0.15) is 13.3 Å². The molecule has 0 radical (unpaired) electrons. The number of rotatable bonds is 4. The van der Waals surface area contributed by atoms with Crippen molar-refractivity contribution in [3.8, 4) is 0 Å². The number of allylic oxidation sites excluding steroid dienone is 2. The molecule has 0 aliphatic heterocycles. The van der Waals surface area contributed by atoms with E-state index in [0.717, 1.165) is 0 Å². The molecule has 0 spiro atoms. The number of aliphatic hydroxyl groups is 1. The van der Waals surface area contributed by atoms with Crippen molar-refractivity contribution >= 4 is 23.2 Å². The fourth-order valence-corrected chi connectivity index (χ4v) is 1.30. The van der Waals surface area contributed by atoms with E-state index in [4.69, 9.17) is 23.2 Å². The molecule has 1 unspecified atom stereocenters. The third kappa shape index (κ3) is 3.02. The van der Waals surface area contributed by atoms with Crippen LogP contribution in [0.5, 0.6) is 0 Å². The van der Waals surface area contributed by atoms with Gasteiger partial charge in [-0.15, -0.1) is 0 Å². The highest BCUT2D eigenvalue weighted by atomic mass is 35.5. The molecule has 0 fully saturated rings. The predicted molar refractivity (Wildman–Crippen MR) is 54.4 cm³/mol. The highest BCUT2D eigenvalue weighted by Crippen LogP contribution is 2.25. The van der Waals surface area contributed by atoms with Crippen molar-refractivity contribution in [2.45, 2.75) is 19.4 Å². The maximum atomic E-state index is 9.45. The van der Waals surface area contributed by atoms with Crippen molar-refractivity contribution < 1.29 is 5.11 Å². The Labute approximate surface area is 83.0 Å². The van der Waals surface area contributed by atoms with E-state index in [1.54, 1.807) is 0 Å². The van der Waals surface area contributed by atoms with Crippen molar-refractivity contribution in [1.82, 2.24) is 0 Å². The van der Waals surface area contributed by atoms with Gasteiger partial charge in [-0.25, -0.2) is 0 Å². The van der Waals surface area contributed by atoms with Crippen LogP contribution in [0.15, 0.2) is 34.9 Å². The number of aliphatic hydroxyl groups excluding tert-OH is 1. The molecule has 12 heavy (non-hydrogen) atoms. The van der Waals surface area contributed by atoms with E-state index in [0.29, 0.717) is 17.0 Å². The second-order valence-electron chi connectivity index (χ2n) is 2.29. The monoisotopic (exact) mass is 206 g/mol. The van der Waals surface area contributed by atoms with Crippen LogP contribution in [0, 0.1) is 0 Å². The zero-order valence-corrected chi connectivity index (χ0v) is 8.49. The molecule has 0 aliphatic carbocycles. The summed E-state index contributed by atoms with van der Waals surface area (Å²) in [5, 5.41) is 10.1. The lowest BCUT2D eigenvalue weighted by molar-refractivity contribution is 0.209. The van der Waals surface area contributed by atoms with E-state index in [9.17, 15) is 5.11 Å². The number of hydrogen-bond acceptors (Lipinski definition) is 1. The molecule has 0 aromatic carbocycles. The van der Waals surface area contributed by atoms with Crippen LogP contribution < -0.4 is 0 Å². The zero-order valence-electron chi connectivity index (χ0n) is 6.98. The van der Waals surface area contributed by atoms with Crippen molar-refractivity contribution in [1.29, 1.82) is 0 Å². The summed E-state index contributed by atoms with van der Waals surface area (Å²) in [5.74, 6) is 0. The maximum Gasteiger partial charge on any atom is 0.0816 e. The molecule has 0 rings (SSSR count). The summed E-state index contributed by atoms with van der Waals surface area (Å²) in [6.45, 7) is 8.82. The quantitative estimate of drug-likeness (QED) is 0.702. The van der Waals surface area contributed by atoms with Crippen molar-refractivity contribution in [3.05, 3.63) is 34.9 Å². The van der Waals surface area contributed by atoms with Crippen LogP contribution >= 0.6 is 23.2 Å². The Hall–Kier alpha value is -0.240. The maximum absolute atomic E-state index is 9.45. The summed E-state index contributed by atoms with van der Waals surface area (Å²) in [7, 11) is 0. The standard InChI is InChI=1S/C9H12Cl2O/c1-4-7(11)9(6(3)10)8(12)5-2/h4,8,12H,1,3,5H2,2H3/b9-7-. The molecular formula is C9H12Cl2O. The third-order valence-corrected chi connectivity index (χ3v) is 2.01. The van der Waals surface area contributed by atoms with Gasteiger partial charge in [-0.3, -0.25) is 0 Å². The van der Waals surface area contributed by atoms with Gasteiger partial charge in [0.2, 0.25) is 0 Å². The zero-order chi connectivity index (χ0) is 9.72. The van der Waals surface area contributed by atoms with Gasteiger partial charge < -0.3 is 5.11 Å². The van der Waals surface area contributed by atoms with E-state index in [1.807, 2.05) is 6.92 Å². The Morgan fingerprint density at radius 2 is 2.08 bits per heavy atom. The molecule has 3 heteroatoms. The van der Waals surface area contributed by atoms with Gasteiger partial charge in [-0.1, -0.05) is 49.4 Å². The number of halogens is 2. The van der Waals surface area contributed by atoms with Crippen LogP contribution in [-0.2, 0) is 0 Å². The first kappa shape index (κ1) is 11.8. The van der Waals surface area contributed by atoms with Crippen LogP contribution in [0.3, 0.4) is 0 Å². The summed E-state index contributed by atoms with van der Waals surface area (Å²) in [5.41, 5.74) is 0.454. The second-order valence-corrected chi connectivity index (χ2v) is 3.16. The highest BCUT2D eigenvalue weighted by Gasteiger charge is 2.13. The van der Waals surface area contributed by atoms with Crippen LogP contribution in [0.4, 0.5) is 0 Å². The fourth-order valence-electron chi connectivity index (χ4n) is 0.784. The molecule has 1 nitrogen and oxygen atoms in total. The smallest absolute Gasteiger partial charge is 0.0816 e. The molecule has 1 atom stereocenters. The Morgan fingerprint density at radius 1 is 1.58 bits per heavy atom. The Morgan fingerprint density at radius 3 is 2.33 bits per heavy atom. The lowest BCUT2D eigenvalue weighted by Crippen LogP contribution is -2.09. The van der Waals surface area contributed by atoms with Crippen LogP contribution in [0.2, 0.25) is 0 Å². The highest BCUT2D eigenvalue weighted by molar-refractivity contribution is 6.36. The number of hydrogen-bond donors (Lipinski definition) is 1. The van der Waals surface area contributed by atoms with Gasteiger partial charge in [0, 0.05) is 15.6 Å². The van der Waals surface area contributed by atoms with E-state index < -0.39 is 6.10 Å². The first-order chi connectivity index (χ1) is 5.54. The Bertz CT molecular complexity index is 219. The van der Waals surface area contributed by atoms with Crippen LogP contribution in [-0.4, -0.2) is 11.2 Å². The second kappa shape index (κ2) is 5.41. The first-order valence-corrected chi connectivity index (χ1v) is 4.35. The SMILES string of the molecule is C=C/C(Cl)=C(\C(=C)Cl)C(O)CC. The summed E-state index contributed by atoms with van der Waals surface area (Å²) in [6.07, 6.45) is 1.31. The Kier molecular flexibility index (Phi) is 5.31. The molecule has 0 saturated heterocycles. The van der Waals surface area contributed by atoms with E-state index in [-0.39, 0.29) is 5.03 Å². The van der Waals surface area contributed by atoms with E-state index >= 15 is 0 Å². The average Bonchev–Trinajstić information content (AvgIpc) is 2.03. The molecule has 0 aromatic heterocycles. The lowest BCUT2D eigenvalue weighted by Gasteiger charge is -2.12. The van der Waals surface area contributed by atoms with Crippen molar-refractivity contribution in [2.75, 3.05) is 0 Å². The minimum atomic E-state index is -0.666. The predicted octanol–water partition coefficient (Wildman–Crippen LogP) is 3.19. The Balaban J connectivity index is 4.90. The average molecular weight is 207 g/mol. The van der Waals surface area contributed by atoms with Gasteiger partial charge in [0.15, 0.2) is 0 Å². The normalized spacial score (nSPS) is 15.0. The van der Waals surface area contributed by atoms with E-state index in [1.165, 1.54) is 6.08 Å². The van der Waals surface area contributed by atoms with Crippen molar-refractivity contribution in [3.63, 3.8) is 0 Å². The molecule has 0 bridgehead atoms. The minimum Gasteiger partial charge on any atom is -0.388 e. The molecule has 0 amide bonds. The summed E-state index contributed by atoms with van der Waals surface area (Å²) < 4.78 is 0. The largest absolute Gasteiger partial charge is 0.388 e. The fraction of sp³-hybridized carbons (Fsp3) is 0.333. The molecule has 0 aliphatic rings. The van der Waals surface area contributed by atoms with Gasteiger partial charge in [0.05, 0.1) is 6.10 Å². The van der Waals surface area contributed by atoms with Crippen molar-refractivity contribution in [2.24, 2.45) is 0 Å². The van der Waals surface area contributed by atoms with Gasteiger partial charge in [-0.05, 0) is 6.42 Å².